The van der Waals surface area contributed by atoms with Crippen LogP contribution in [0.1, 0.15) is 30.5 Å². The molecule has 0 spiro atoms. The number of aryl methyl sites for hydroxylation is 2. The minimum atomic E-state index is -0.178. The van der Waals surface area contributed by atoms with Crippen LogP contribution in [0.3, 0.4) is 0 Å². The lowest BCUT2D eigenvalue weighted by Crippen LogP contribution is -2.03. The quantitative estimate of drug-likeness (QED) is 0.574. The third kappa shape index (κ3) is 2.88. The summed E-state index contributed by atoms with van der Waals surface area (Å²) in [6.07, 6.45) is 1.85. The Morgan fingerprint density at radius 2 is 1.91 bits per heavy atom. The Morgan fingerprint density at radius 3 is 2.61 bits per heavy atom. The molecule has 0 fully saturated rings. The van der Waals surface area contributed by atoms with Crippen molar-refractivity contribution in [3.63, 3.8) is 0 Å². The van der Waals surface area contributed by atoms with Gasteiger partial charge in [0, 0.05) is 25.7 Å². The van der Waals surface area contributed by atoms with Crippen LogP contribution < -0.4 is 5.43 Å². The van der Waals surface area contributed by atoms with Crippen molar-refractivity contribution in [3.05, 3.63) is 57.2 Å². The summed E-state index contributed by atoms with van der Waals surface area (Å²) in [5, 5.41) is 10.3. The predicted molar refractivity (Wildman–Crippen MR) is 98.3 cm³/mol. The van der Waals surface area contributed by atoms with E-state index in [0.29, 0.717) is 5.39 Å². The van der Waals surface area contributed by atoms with Crippen molar-refractivity contribution in [2.24, 2.45) is 0 Å². The Kier molecular flexibility index (Phi) is 4.47. The van der Waals surface area contributed by atoms with Crippen LogP contribution in [0.4, 0.5) is 0 Å². The first-order chi connectivity index (χ1) is 11.2. The molecule has 0 aliphatic heterocycles. The van der Waals surface area contributed by atoms with E-state index in [1.165, 1.54) is 11.1 Å². The molecule has 2 nitrogen and oxygen atoms in total. The summed E-state index contributed by atoms with van der Waals surface area (Å²) in [6.45, 7) is 4.06. The molecule has 0 amide bonds. The molecule has 0 saturated carbocycles. The van der Waals surface area contributed by atoms with Crippen LogP contribution in [0.2, 0.25) is 0 Å². The van der Waals surface area contributed by atoms with Gasteiger partial charge in [-0.25, -0.2) is 0 Å². The summed E-state index contributed by atoms with van der Waals surface area (Å²) in [5.41, 5.74) is 3.28. The number of aliphatic hydroxyl groups excluding tert-OH is 1. The fourth-order valence-corrected chi connectivity index (χ4v) is 4.00. The van der Waals surface area contributed by atoms with Gasteiger partial charge >= 0.3 is 0 Å². The van der Waals surface area contributed by atoms with Gasteiger partial charge < -0.3 is 5.11 Å². The maximum Gasteiger partial charge on any atom is 0.195 e. The zero-order valence-corrected chi connectivity index (χ0v) is 14.1. The molecule has 3 rings (SSSR count). The third-order valence-corrected chi connectivity index (χ3v) is 5.27. The lowest BCUT2D eigenvalue weighted by Gasteiger charge is -2.08. The number of fused-ring (bicyclic) bond motifs is 2. The van der Waals surface area contributed by atoms with E-state index in [1.807, 2.05) is 24.3 Å². The van der Waals surface area contributed by atoms with E-state index in [-0.39, 0.29) is 12.0 Å². The zero-order valence-electron chi connectivity index (χ0n) is 13.3. The smallest absolute Gasteiger partial charge is 0.195 e. The highest BCUT2D eigenvalue weighted by Gasteiger charge is 2.10. The molecule has 3 heteroatoms. The minimum Gasteiger partial charge on any atom is -0.384 e. The lowest BCUT2D eigenvalue weighted by molar-refractivity contribution is 0.350. The summed E-state index contributed by atoms with van der Waals surface area (Å²) >= 11 is 1.67. The van der Waals surface area contributed by atoms with Gasteiger partial charge in [0.15, 0.2) is 5.43 Å². The molecule has 0 atom stereocenters. The monoisotopic (exact) mass is 322 g/mol. The van der Waals surface area contributed by atoms with Gasteiger partial charge in [-0.2, -0.15) is 0 Å². The number of hydrogen-bond acceptors (Lipinski definition) is 3. The SMILES string of the molecule is CCc1cc(CC)c2sc3ccc(C#CCO)cc3c(=O)c2c1. The Morgan fingerprint density at radius 1 is 1.09 bits per heavy atom. The molecule has 0 unspecified atom stereocenters. The predicted octanol–water partition coefficient (Wildman–Crippen LogP) is 3.88. The van der Waals surface area contributed by atoms with E-state index in [9.17, 15) is 4.79 Å². The van der Waals surface area contributed by atoms with E-state index < -0.39 is 0 Å². The fraction of sp³-hybridized carbons (Fsp3) is 0.250. The summed E-state index contributed by atoms with van der Waals surface area (Å²) in [5.74, 6) is 5.50. The van der Waals surface area contributed by atoms with E-state index >= 15 is 0 Å². The molecule has 0 aliphatic carbocycles. The first-order valence-electron chi connectivity index (χ1n) is 7.80. The van der Waals surface area contributed by atoms with Crippen LogP contribution in [0, 0.1) is 11.8 Å². The van der Waals surface area contributed by atoms with E-state index in [2.05, 4.69) is 31.8 Å². The molecule has 1 aromatic heterocycles. The Balaban J connectivity index is 2.38. The second kappa shape index (κ2) is 6.54. The Labute approximate surface area is 139 Å². The van der Waals surface area contributed by atoms with Crippen LogP contribution >= 0.6 is 11.3 Å². The topological polar surface area (TPSA) is 37.3 Å². The molecule has 0 bridgehead atoms. The van der Waals surface area contributed by atoms with Crippen LogP contribution in [0.25, 0.3) is 20.2 Å². The second-order valence-corrected chi connectivity index (χ2v) is 6.49. The van der Waals surface area contributed by atoms with Gasteiger partial charge in [-0.05, 0) is 48.2 Å². The molecule has 1 N–H and O–H groups in total. The molecular weight excluding hydrogens is 304 g/mol. The van der Waals surface area contributed by atoms with Crippen LogP contribution in [0.5, 0.6) is 0 Å². The Bertz CT molecular complexity index is 1000. The molecule has 23 heavy (non-hydrogen) atoms. The Hall–Kier alpha value is -2.15. The number of rotatable bonds is 2. The normalized spacial score (nSPS) is 10.7. The van der Waals surface area contributed by atoms with Crippen molar-refractivity contribution in [1.82, 2.24) is 0 Å². The van der Waals surface area contributed by atoms with Crippen molar-refractivity contribution in [1.29, 1.82) is 0 Å². The maximum absolute atomic E-state index is 13.0. The minimum absolute atomic E-state index is 0.0754. The number of benzene rings is 2. The van der Waals surface area contributed by atoms with Crippen molar-refractivity contribution in [3.8, 4) is 11.8 Å². The van der Waals surface area contributed by atoms with Crippen LogP contribution in [0.15, 0.2) is 35.1 Å². The van der Waals surface area contributed by atoms with E-state index in [0.717, 1.165) is 33.2 Å². The molecule has 2 aromatic carbocycles. The van der Waals surface area contributed by atoms with Crippen molar-refractivity contribution >= 4 is 31.5 Å². The van der Waals surface area contributed by atoms with Gasteiger partial charge in [0.2, 0.25) is 0 Å². The highest BCUT2D eigenvalue weighted by molar-refractivity contribution is 7.24. The van der Waals surface area contributed by atoms with Gasteiger partial charge in [0.05, 0.1) is 0 Å². The van der Waals surface area contributed by atoms with Gasteiger partial charge in [0.25, 0.3) is 0 Å². The summed E-state index contributed by atoms with van der Waals surface area (Å²) < 4.78 is 2.08. The molecular formula is C20H18O2S. The van der Waals surface area contributed by atoms with Gasteiger partial charge in [-0.3, -0.25) is 4.79 Å². The molecule has 0 radical (unpaired) electrons. The summed E-state index contributed by atoms with van der Waals surface area (Å²) in [4.78, 5) is 13.0. The highest BCUT2D eigenvalue weighted by Crippen LogP contribution is 2.29. The highest BCUT2D eigenvalue weighted by atomic mass is 32.1. The van der Waals surface area contributed by atoms with Crippen molar-refractivity contribution in [2.45, 2.75) is 26.7 Å². The second-order valence-electron chi connectivity index (χ2n) is 5.44. The summed E-state index contributed by atoms with van der Waals surface area (Å²) in [6, 6.07) is 9.93. The van der Waals surface area contributed by atoms with E-state index in [1.54, 1.807) is 11.3 Å². The standard InChI is InChI=1S/C20H18O2S/c1-3-13-10-15(4-2)20-17(11-13)19(22)16-12-14(6-5-9-21)7-8-18(16)23-20/h7-8,10-12,21H,3-4,9H2,1-2H3. The first-order valence-corrected chi connectivity index (χ1v) is 8.61. The van der Waals surface area contributed by atoms with E-state index in [4.69, 9.17) is 5.11 Å². The van der Waals surface area contributed by atoms with Crippen molar-refractivity contribution < 1.29 is 5.11 Å². The average Bonchev–Trinajstić information content (AvgIpc) is 2.59. The fourth-order valence-electron chi connectivity index (χ4n) is 2.78. The summed E-state index contributed by atoms with van der Waals surface area (Å²) in [7, 11) is 0. The molecule has 3 aromatic rings. The third-order valence-electron chi connectivity index (χ3n) is 4.01. The van der Waals surface area contributed by atoms with Crippen LogP contribution in [-0.4, -0.2) is 11.7 Å². The number of aliphatic hydroxyl groups is 1. The largest absolute Gasteiger partial charge is 0.384 e. The van der Waals surface area contributed by atoms with Gasteiger partial charge in [-0.1, -0.05) is 31.8 Å². The van der Waals surface area contributed by atoms with Crippen LogP contribution in [-0.2, 0) is 12.8 Å². The average molecular weight is 322 g/mol. The van der Waals surface area contributed by atoms with Gasteiger partial charge in [-0.15, -0.1) is 11.3 Å². The van der Waals surface area contributed by atoms with Crippen molar-refractivity contribution in [2.75, 3.05) is 6.61 Å². The van der Waals surface area contributed by atoms with Gasteiger partial charge in [0.1, 0.15) is 6.61 Å². The molecule has 1 heterocycles. The molecule has 116 valence electrons. The molecule has 0 saturated heterocycles. The lowest BCUT2D eigenvalue weighted by atomic mass is 10.0. The molecule has 0 aliphatic rings. The maximum atomic E-state index is 13.0. The zero-order chi connectivity index (χ0) is 16.4. The first kappa shape index (κ1) is 15.7. The number of hydrogen-bond donors (Lipinski definition) is 1.